The molecule has 0 amide bonds. The van der Waals surface area contributed by atoms with Crippen LogP contribution in [0.2, 0.25) is 0 Å². The van der Waals surface area contributed by atoms with Crippen LogP contribution in [0.5, 0.6) is 5.75 Å². The molecule has 6 nitrogen and oxygen atoms in total. The van der Waals surface area contributed by atoms with E-state index in [9.17, 15) is 19.5 Å². The molecule has 39 heavy (non-hydrogen) atoms. The van der Waals surface area contributed by atoms with Gasteiger partial charge in [-0.2, -0.15) is 0 Å². The van der Waals surface area contributed by atoms with Crippen molar-refractivity contribution in [3.8, 4) is 5.75 Å². The molecule has 2 aromatic rings. The van der Waals surface area contributed by atoms with Crippen molar-refractivity contribution in [1.29, 1.82) is 0 Å². The minimum Gasteiger partial charge on any atom is -0.488 e. The molecule has 2 aromatic carbocycles. The number of benzene rings is 2. The summed E-state index contributed by atoms with van der Waals surface area (Å²) in [7, 11) is 0. The maximum atomic E-state index is 13.8. The minimum absolute atomic E-state index is 0.0219. The Kier molecular flexibility index (Phi) is 7.08. The van der Waals surface area contributed by atoms with Crippen molar-refractivity contribution in [3.05, 3.63) is 86.7 Å². The summed E-state index contributed by atoms with van der Waals surface area (Å²) in [5.74, 6) is -0.896. The lowest BCUT2D eigenvalue weighted by atomic mass is 9.63. The summed E-state index contributed by atoms with van der Waals surface area (Å²) in [6.07, 6.45) is 1.85. The second kappa shape index (κ2) is 10.1. The normalized spacial score (nSPS) is 20.6. The highest BCUT2D eigenvalue weighted by Crippen LogP contribution is 2.54. The third-order valence-corrected chi connectivity index (χ3v) is 8.46. The Morgan fingerprint density at radius 1 is 0.923 bits per heavy atom. The van der Waals surface area contributed by atoms with Crippen LogP contribution in [-0.4, -0.2) is 34.1 Å². The van der Waals surface area contributed by atoms with Crippen molar-refractivity contribution in [2.24, 2.45) is 10.8 Å². The number of carboxylic acids is 1. The van der Waals surface area contributed by atoms with Gasteiger partial charge in [-0.1, -0.05) is 64.1 Å². The predicted octanol–water partition coefficient (Wildman–Crippen LogP) is 6.80. The Morgan fingerprint density at radius 3 is 2.00 bits per heavy atom. The molecule has 5 rings (SSSR count). The maximum absolute atomic E-state index is 13.8. The van der Waals surface area contributed by atoms with Crippen LogP contribution in [0.3, 0.4) is 0 Å². The number of aliphatic carboxylic acids is 1. The van der Waals surface area contributed by atoms with Crippen molar-refractivity contribution < 1.29 is 24.2 Å². The molecule has 1 aliphatic heterocycles. The quantitative estimate of drug-likeness (QED) is 0.398. The summed E-state index contributed by atoms with van der Waals surface area (Å²) in [5, 5.41) is 9.84. The first-order valence-corrected chi connectivity index (χ1v) is 14.1. The van der Waals surface area contributed by atoms with Gasteiger partial charge < -0.3 is 14.7 Å². The summed E-state index contributed by atoms with van der Waals surface area (Å²) >= 11 is 3.66. The van der Waals surface area contributed by atoms with E-state index in [1.165, 1.54) is 0 Å². The molecule has 1 heterocycles. The van der Waals surface area contributed by atoms with Gasteiger partial charge >= 0.3 is 5.97 Å². The first kappa shape index (κ1) is 27.4. The van der Waals surface area contributed by atoms with E-state index in [2.05, 4.69) is 15.9 Å². The van der Waals surface area contributed by atoms with E-state index in [-0.39, 0.29) is 28.9 Å². The van der Waals surface area contributed by atoms with Crippen molar-refractivity contribution in [2.45, 2.75) is 65.9 Å². The van der Waals surface area contributed by atoms with E-state index in [1.807, 2.05) is 76.2 Å². The van der Waals surface area contributed by atoms with Crippen LogP contribution in [0.4, 0.5) is 0 Å². The van der Waals surface area contributed by atoms with Crippen LogP contribution in [-0.2, 0) is 21.0 Å². The monoisotopic (exact) mass is 591 g/mol. The van der Waals surface area contributed by atoms with E-state index in [4.69, 9.17) is 4.74 Å². The van der Waals surface area contributed by atoms with E-state index in [0.717, 1.165) is 27.0 Å². The molecule has 1 N–H and O–H groups in total. The highest BCUT2D eigenvalue weighted by Gasteiger charge is 2.49. The van der Waals surface area contributed by atoms with Gasteiger partial charge in [0.05, 0.1) is 4.47 Å². The number of carbonyl (C=O) groups is 3. The second-order valence-electron chi connectivity index (χ2n) is 12.5. The number of carboxylic acid groups (broad SMARTS) is 1. The topological polar surface area (TPSA) is 83.9 Å². The highest BCUT2D eigenvalue weighted by atomic mass is 79.9. The zero-order valence-electron chi connectivity index (χ0n) is 22.8. The van der Waals surface area contributed by atoms with Crippen molar-refractivity contribution in [2.75, 3.05) is 6.54 Å². The molecule has 0 atom stereocenters. The van der Waals surface area contributed by atoms with Crippen molar-refractivity contribution in [1.82, 2.24) is 4.90 Å². The van der Waals surface area contributed by atoms with E-state index in [1.54, 1.807) is 4.90 Å². The summed E-state index contributed by atoms with van der Waals surface area (Å²) in [6.45, 7) is 8.30. The first-order chi connectivity index (χ1) is 18.3. The lowest BCUT2D eigenvalue weighted by Crippen LogP contribution is -2.45. The predicted molar refractivity (Wildman–Crippen MR) is 152 cm³/mol. The average molecular weight is 593 g/mol. The van der Waals surface area contributed by atoms with Gasteiger partial charge in [0.2, 0.25) is 0 Å². The van der Waals surface area contributed by atoms with Gasteiger partial charge in [-0.25, -0.2) is 0 Å². The molecular weight excluding hydrogens is 558 g/mol. The van der Waals surface area contributed by atoms with Crippen LogP contribution in [0.25, 0.3) is 0 Å². The second-order valence-corrected chi connectivity index (χ2v) is 13.3. The molecule has 0 bridgehead atoms. The molecule has 0 unspecified atom stereocenters. The third-order valence-electron chi connectivity index (χ3n) is 7.84. The van der Waals surface area contributed by atoms with Crippen LogP contribution >= 0.6 is 15.9 Å². The number of allylic oxidation sites excluding steroid dienone is 4. The number of ether oxygens (including phenoxy) is 1. The third kappa shape index (κ3) is 5.46. The van der Waals surface area contributed by atoms with Gasteiger partial charge in [-0.15, -0.1) is 0 Å². The van der Waals surface area contributed by atoms with Crippen molar-refractivity contribution >= 4 is 33.5 Å². The Morgan fingerprint density at radius 2 is 1.49 bits per heavy atom. The SMILES string of the molecule is CC1(C)CC(=O)C2=C(C1)N(CC(=O)O)C1=C(C(=O)CC(C)(C)C1)C2c1ccc(OCc2ccccc2)c(Br)c1. The molecule has 0 radical (unpaired) electrons. The molecule has 3 aliphatic rings. The van der Waals surface area contributed by atoms with Crippen LogP contribution < -0.4 is 4.74 Å². The molecule has 0 saturated carbocycles. The summed E-state index contributed by atoms with van der Waals surface area (Å²) in [5.41, 5.74) is 3.87. The highest BCUT2D eigenvalue weighted by molar-refractivity contribution is 9.10. The zero-order valence-corrected chi connectivity index (χ0v) is 24.4. The molecule has 0 fully saturated rings. The van der Waals surface area contributed by atoms with Crippen LogP contribution in [0, 0.1) is 10.8 Å². The molecule has 0 aromatic heterocycles. The fourth-order valence-electron chi connectivity index (χ4n) is 6.26. The number of rotatable bonds is 6. The lowest BCUT2D eigenvalue weighted by Gasteiger charge is -2.48. The van der Waals surface area contributed by atoms with Crippen LogP contribution in [0.1, 0.15) is 70.4 Å². The van der Waals surface area contributed by atoms with Gasteiger partial charge in [0, 0.05) is 41.3 Å². The standard InChI is InChI=1S/C32H34BrNO5/c1-31(2)13-22-29(24(35)15-31)28(30-23(34(22)17-27(37)38)14-32(3,4)16-25(30)36)20-10-11-26(21(33)12-20)39-18-19-8-6-5-7-9-19/h5-12,28H,13-18H2,1-4H3,(H,37,38). The zero-order chi connectivity index (χ0) is 28.1. The Labute approximate surface area is 237 Å². The first-order valence-electron chi connectivity index (χ1n) is 13.3. The largest absolute Gasteiger partial charge is 0.488 e. The van der Waals surface area contributed by atoms with Gasteiger partial charge in [-0.05, 0) is 62.9 Å². The van der Waals surface area contributed by atoms with Gasteiger partial charge in [-0.3, -0.25) is 14.4 Å². The number of halogens is 1. The summed E-state index contributed by atoms with van der Waals surface area (Å²) in [4.78, 5) is 41.3. The maximum Gasteiger partial charge on any atom is 0.323 e. The van der Waals surface area contributed by atoms with E-state index < -0.39 is 11.9 Å². The molecule has 0 spiro atoms. The molecule has 2 aliphatic carbocycles. The number of Topliss-reactive ketones (excluding diaryl/α,β-unsaturated/α-hetero) is 2. The number of carbonyl (C=O) groups excluding carboxylic acids is 2. The molecular formula is C32H34BrNO5. The number of hydrogen-bond acceptors (Lipinski definition) is 5. The number of hydrogen-bond donors (Lipinski definition) is 1. The number of ketones is 2. The van der Waals surface area contributed by atoms with Gasteiger partial charge in [0.25, 0.3) is 0 Å². The Balaban J connectivity index is 1.62. The number of nitrogens with zero attached hydrogens (tertiary/aromatic N) is 1. The molecule has 0 saturated heterocycles. The van der Waals surface area contributed by atoms with Crippen molar-refractivity contribution in [3.63, 3.8) is 0 Å². The van der Waals surface area contributed by atoms with E-state index >= 15 is 0 Å². The fraction of sp³-hybridized carbons (Fsp3) is 0.406. The smallest absolute Gasteiger partial charge is 0.323 e. The van der Waals surface area contributed by atoms with Crippen LogP contribution in [0.15, 0.2) is 75.5 Å². The summed E-state index contributed by atoms with van der Waals surface area (Å²) < 4.78 is 6.79. The molecule has 7 heteroatoms. The Hall–Kier alpha value is -3.19. The average Bonchev–Trinajstić information content (AvgIpc) is 2.83. The molecule has 204 valence electrons. The lowest BCUT2D eigenvalue weighted by molar-refractivity contribution is -0.138. The minimum atomic E-state index is -0.985. The van der Waals surface area contributed by atoms with Gasteiger partial charge in [0.1, 0.15) is 18.9 Å². The van der Waals surface area contributed by atoms with E-state index in [0.29, 0.717) is 49.2 Å². The summed E-state index contributed by atoms with van der Waals surface area (Å²) in [6, 6.07) is 15.6. The fourth-order valence-corrected chi connectivity index (χ4v) is 6.77. The van der Waals surface area contributed by atoms with Gasteiger partial charge in [0.15, 0.2) is 11.6 Å². The Bertz CT molecular complexity index is 1370.